The van der Waals surface area contributed by atoms with Crippen molar-refractivity contribution in [2.24, 2.45) is 0 Å². The van der Waals surface area contributed by atoms with Crippen LogP contribution in [0.4, 0.5) is 14.5 Å². The summed E-state index contributed by atoms with van der Waals surface area (Å²) in [5.74, 6) is -1.12. The average Bonchev–Trinajstić information content (AvgIpc) is 3.15. The van der Waals surface area contributed by atoms with Crippen LogP contribution in [-0.4, -0.2) is 12.1 Å². The predicted molar refractivity (Wildman–Crippen MR) is 109 cm³/mol. The van der Waals surface area contributed by atoms with Crippen molar-refractivity contribution in [2.75, 3.05) is 12.4 Å². The molecule has 0 amide bonds. The van der Waals surface area contributed by atoms with Crippen molar-refractivity contribution < 1.29 is 13.5 Å². The number of ether oxygens (including phenoxy) is 1. The largest absolute Gasteiger partial charge is 0.495 e. The van der Waals surface area contributed by atoms with E-state index in [2.05, 4.69) is 16.4 Å². The summed E-state index contributed by atoms with van der Waals surface area (Å²) in [6.45, 7) is 0.451. The van der Waals surface area contributed by atoms with Gasteiger partial charge in [0.15, 0.2) is 11.6 Å². The molecule has 0 spiro atoms. The zero-order valence-corrected chi connectivity index (χ0v) is 15.6. The number of rotatable bonds is 5. The summed E-state index contributed by atoms with van der Waals surface area (Å²) < 4.78 is 32.4. The normalized spacial score (nSPS) is 10.7. The van der Waals surface area contributed by atoms with Gasteiger partial charge >= 0.3 is 0 Å². The lowest BCUT2D eigenvalue weighted by Gasteiger charge is -2.13. The number of halogens is 2. The summed E-state index contributed by atoms with van der Waals surface area (Å²) in [7, 11) is 1.58. The van der Waals surface area contributed by atoms with Gasteiger partial charge in [-0.2, -0.15) is 5.26 Å². The van der Waals surface area contributed by atoms with E-state index in [-0.39, 0.29) is 0 Å². The molecule has 0 aliphatic carbocycles. The third kappa shape index (κ3) is 3.63. The van der Waals surface area contributed by atoms with Gasteiger partial charge in [-0.05, 0) is 42.0 Å². The van der Waals surface area contributed by atoms with E-state index >= 15 is 0 Å². The summed E-state index contributed by atoms with van der Waals surface area (Å²) in [4.78, 5) is 3.12. The van der Waals surface area contributed by atoms with E-state index in [9.17, 15) is 14.0 Å². The van der Waals surface area contributed by atoms with E-state index in [0.29, 0.717) is 28.8 Å². The van der Waals surface area contributed by atoms with Crippen molar-refractivity contribution in [3.63, 3.8) is 0 Å². The second kappa shape index (κ2) is 7.64. The third-order valence-electron chi connectivity index (χ3n) is 4.78. The molecule has 0 unspecified atom stereocenters. The molecule has 4 rings (SSSR count). The number of hydrogen-bond donors (Lipinski definition) is 2. The molecule has 144 valence electrons. The lowest BCUT2D eigenvalue weighted by molar-refractivity contribution is 0.416. The third-order valence-corrected chi connectivity index (χ3v) is 4.78. The fourth-order valence-corrected chi connectivity index (χ4v) is 3.27. The van der Waals surface area contributed by atoms with Crippen LogP contribution >= 0.6 is 0 Å². The molecule has 0 fully saturated rings. The molecular weight excluding hydrogens is 372 g/mol. The Bertz CT molecular complexity index is 1200. The molecule has 3 aromatic carbocycles. The number of nitrogens with one attached hydrogen (secondary N) is 2. The number of nitrogens with zero attached hydrogens (tertiary/aromatic N) is 1. The van der Waals surface area contributed by atoms with Gasteiger partial charge in [-0.3, -0.25) is 0 Å². The van der Waals surface area contributed by atoms with Gasteiger partial charge in [-0.15, -0.1) is 0 Å². The van der Waals surface area contributed by atoms with E-state index in [1.807, 2.05) is 36.4 Å². The summed E-state index contributed by atoms with van der Waals surface area (Å²) in [5.41, 5.74) is 4.31. The van der Waals surface area contributed by atoms with Crippen LogP contribution in [0.2, 0.25) is 0 Å². The number of methoxy groups -OCH3 is 1. The first kappa shape index (κ1) is 18.5. The van der Waals surface area contributed by atoms with E-state index in [1.54, 1.807) is 19.2 Å². The lowest BCUT2D eigenvalue weighted by atomic mass is 10.1. The molecule has 0 bridgehead atoms. The molecule has 0 saturated heterocycles. The van der Waals surface area contributed by atoms with Gasteiger partial charge in [0.2, 0.25) is 0 Å². The number of H-pyrrole nitrogens is 1. The van der Waals surface area contributed by atoms with E-state index in [4.69, 9.17) is 4.74 Å². The molecule has 1 aromatic heterocycles. The van der Waals surface area contributed by atoms with Crippen LogP contribution in [0.1, 0.15) is 11.1 Å². The van der Waals surface area contributed by atoms with E-state index in [1.165, 1.54) is 6.07 Å². The van der Waals surface area contributed by atoms with Gasteiger partial charge in [0.25, 0.3) is 0 Å². The van der Waals surface area contributed by atoms with Crippen molar-refractivity contribution in [3.05, 3.63) is 83.4 Å². The average molecular weight is 389 g/mol. The van der Waals surface area contributed by atoms with Crippen LogP contribution in [0.3, 0.4) is 0 Å². The molecule has 0 saturated carbocycles. The predicted octanol–water partition coefficient (Wildman–Crippen LogP) is 5.61. The highest BCUT2D eigenvalue weighted by molar-refractivity contribution is 5.86. The maximum atomic E-state index is 13.5. The summed E-state index contributed by atoms with van der Waals surface area (Å²) in [6, 6.07) is 19.2. The molecule has 29 heavy (non-hydrogen) atoms. The Hall–Kier alpha value is -3.85. The topological polar surface area (TPSA) is 60.8 Å². The molecule has 0 radical (unpaired) electrons. The fraction of sp³-hybridized carbons (Fsp3) is 0.0870. The first-order valence-electron chi connectivity index (χ1n) is 8.97. The molecule has 0 aliphatic heterocycles. The number of fused-ring (bicyclic) bond motifs is 1. The van der Waals surface area contributed by atoms with Gasteiger partial charge in [-0.1, -0.05) is 18.2 Å². The van der Waals surface area contributed by atoms with Gasteiger partial charge in [0, 0.05) is 34.8 Å². The second-order valence-corrected chi connectivity index (χ2v) is 6.57. The number of anilines is 1. The van der Waals surface area contributed by atoms with Crippen molar-refractivity contribution in [3.8, 4) is 23.1 Å². The van der Waals surface area contributed by atoms with Crippen molar-refractivity contribution >= 4 is 16.6 Å². The monoisotopic (exact) mass is 389 g/mol. The molecule has 1 heterocycles. The Labute approximate surface area is 166 Å². The smallest absolute Gasteiger partial charge is 0.160 e. The van der Waals surface area contributed by atoms with Crippen LogP contribution in [0.25, 0.3) is 22.2 Å². The van der Waals surface area contributed by atoms with Crippen LogP contribution in [0, 0.1) is 23.0 Å². The Morgan fingerprint density at radius 2 is 1.83 bits per heavy atom. The molecule has 0 aliphatic rings. The minimum atomic E-state index is -0.890. The minimum absolute atomic E-state index is 0.451. The number of aromatic amines is 1. The Morgan fingerprint density at radius 1 is 1.03 bits per heavy atom. The Morgan fingerprint density at radius 3 is 2.62 bits per heavy atom. The zero-order valence-electron chi connectivity index (χ0n) is 15.6. The highest BCUT2D eigenvalue weighted by Crippen LogP contribution is 2.32. The van der Waals surface area contributed by atoms with Crippen LogP contribution in [0.5, 0.6) is 5.75 Å². The Balaban J connectivity index is 1.67. The number of benzene rings is 3. The molecule has 2 N–H and O–H groups in total. The van der Waals surface area contributed by atoms with Crippen molar-refractivity contribution in [1.29, 1.82) is 5.26 Å². The lowest BCUT2D eigenvalue weighted by Crippen LogP contribution is -2.03. The second-order valence-electron chi connectivity index (χ2n) is 6.57. The number of nitriles is 1. The highest BCUT2D eigenvalue weighted by Gasteiger charge is 2.11. The molecule has 0 atom stereocenters. The van der Waals surface area contributed by atoms with Crippen molar-refractivity contribution in [1.82, 2.24) is 4.98 Å². The molecule has 6 heteroatoms. The fourth-order valence-electron chi connectivity index (χ4n) is 3.27. The summed E-state index contributed by atoms with van der Waals surface area (Å²) in [5, 5.41) is 13.2. The summed E-state index contributed by atoms with van der Waals surface area (Å²) in [6.07, 6.45) is 0. The highest BCUT2D eigenvalue weighted by atomic mass is 19.2. The SMILES string of the molecule is COc1ccc(-c2cc3cc(F)c(F)cc3[nH]2)cc1NCc1ccccc1C#N. The molecule has 4 nitrogen and oxygen atoms in total. The summed E-state index contributed by atoms with van der Waals surface area (Å²) >= 11 is 0. The van der Waals surface area contributed by atoms with Crippen LogP contribution in [-0.2, 0) is 6.54 Å². The van der Waals surface area contributed by atoms with Gasteiger partial charge in [0.05, 0.1) is 24.4 Å². The Kier molecular flexibility index (Phi) is 4.88. The van der Waals surface area contributed by atoms with Crippen LogP contribution in [0.15, 0.2) is 60.7 Å². The number of hydrogen-bond acceptors (Lipinski definition) is 3. The molecular formula is C23H17F2N3O. The quantitative estimate of drug-likeness (QED) is 0.467. The maximum Gasteiger partial charge on any atom is 0.160 e. The van der Waals surface area contributed by atoms with Gasteiger partial charge < -0.3 is 15.0 Å². The zero-order chi connectivity index (χ0) is 20.4. The van der Waals surface area contributed by atoms with E-state index in [0.717, 1.165) is 28.6 Å². The molecule has 4 aromatic rings. The first-order valence-corrected chi connectivity index (χ1v) is 8.97. The van der Waals surface area contributed by atoms with E-state index < -0.39 is 11.6 Å². The minimum Gasteiger partial charge on any atom is -0.495 e. The van der Waals surface area contributed by atoms with Crippen molar-refractivity contribution in [2.45, 2.75) is 6.54 Å². The standard InChI is InChI=1S/C23H17F2N3O/c1-29-23-7-6-14(20-10-17-8-18(24)19(25)11-21(17)28-20)9-22(23)27-13-16-5-3-2-4-15(16)12-26/h2-11,27-28H,13H2,1H3. The van der Waals surface area contributed by atoms with Crippen LogP contribution < -0.4 is 10.1 Å². The number of aromatic nitrogens is 1. The van der Waals surface area contributed by atoms with Gasteiger partial charge in [0.1, 0.15) is 5.75 Å². The maximum absolute atomic E-state index is 13.5. The first-order chi connectivity index (χ1) is 14.1. The van der Waals surface area contributed by atoms with Gasteiger partial charge in [-0.25, -0.2) is 8.78 Å².